The summed E-state index contributed by atoms with van der Waals surface area (Å²) in [5, 5.41) is 0. The first kappa shape index (κ1) is 23.3. The fourth-order valence-corrected chi connectivity index (χ4v) is 5.83. The van der Waals surface area contributed by atoms with Crippen molar-refractivity contribution >= 4 is 11.7 Å². The van der Waals surface area contributed by atoms with E-state index in [9.17, 15) is 4.79 Å². The van der Waals surface area contributed by atoms with Gasteiger partial charge in [0.2, 0.25) is 0 Å². The Kier molecular flexibility index (Phi) is 6.05. The lowest BCUT2D eigenvalue weighted by Crippen LogP contribution is -2.35. The highest BCUT2D eigenvalue weighted by molar-refractivity contribution is 5.94. The van der Waals surface area contributed by atoms with Crippen molar-refractivity contribution in [2.75, 3.05) is 45.2 Å². The minimum absolute atomic E-state index is 0.0557. The van der Waals surface area contributed by atoms with Gasteiger partial charge < -0.3 is 19.1 Å². The zero-order chi connectivity index (χ0) is 24.8. The number of nitrogens with zero attached hydrogens (tertiary/aromatic N) is 5. The summed E-state index contributed by atoms with van der Waals surface area (Å²) in [5.41, 5.74) is 6.77. The van der Waals surface area contributed by atoms with Crippen LogP contribution >= 0.6 is 0 Å². The number of benzene rings is 2. The summed E-state index contributed by atoms with van der Waals surface area (Å²) in [4.78, 5) is 23.6. The number of urea groups is 1. The Hall–Kier alpha value is -3.16. The zero-order valence-corrected chi connectivity index (χ0v) is 21.5. The third-order valence-electron chi connectivity index (χ3n) is 8.09. The van der Waals surface area contributed by atoms with Crippen LogP contribution in [0.25, 0.3) is 11.3 Å². The van der Waals surface area contributed by atoms with E-state index in [1.165, 1.54) is 16.8 Å². The molecule has 3 aromatic rings. The number of imidazole rings is 1. The predicted molar refractivity (Wildman–Crippen MR) is 141 cm³/mol. The Morgan fingerprint density at radius 3 is 2.39 bits per heavy atom. The van der Waals surface area contributed by atoms with E-state index < -0.39 is 0 Å². The largest absolute Gasteiger partial charge is 0.362 e. The van der Waals surface area contributed by atoms with Crippen LogP contribution in [0.15, 0.2) is 48.5 Å². The smallest absolute Gasteiger partial charge is 0.324 e. The van der Waals surface area contributed by atoms with Gasteiger partial charge in [-0.2, -0.15) is 0 Å². The summed E-state index contributed by atoms with van der Waals surface area (Å²) in [6, 6.07) is 17.0. The summed E-state index contributed by atoms with van der Waals surface area (Å²) in [6.45, 7) is 6.68. The number of ether oxygens (including phenoxy) is 1. The number of aromatic nitrogens is 2. The van der Waals surface area contributed by atoms with Gasteiger partial charge in [0.1, 0.15) is 11.9 Å². The second-order valence-electron chi connectivity index (χ2n) is 10.4. The highest BCUT2D eigenvalue weighted by Crippen LogP contribution is 2.37. The molecule has 6 rings (SSSR count). The fraction of sp³-hybridized carbons (Fsp3) is 0.448. The van der Waals surface area contributed by atoms with Gasteiger partial charge in [0.25, 0.3) is 0 Å². The Balaban J connectivity index is 1.34. The molecule has 7 heteroatoms. The lowest BCUT2D eigenvalue weighted by molar-refractivity contribution is -0.0276. The van der Waals surface area contributed by atoms with E-state index in [2.05, 4.69) is 59.8 Å². The van der Waals surface area contributed by atoms with E-state index in [0.29, 0.717) is 0 Å². The average molecular weight is 486 g/mol. The molecule has 1 atom stereocenters. The van der Waals surface area contributed by atoms with Crippen LogP contribution in [0.3, 0.4) is 0 Å². The van der Waals surface area contributed by atoms with E-state index in [-0.39, 0.29) is 18.2 Å². The zero-order valence-electron chi connectivity index (χ0n) is 21.5. The summed E-state index contributed by atoms with van der Waals surface area (Å²) in [5.74, 6) is 1.01. The molecule has 1 unspecified atom stereocenters. The van der Waals surface area contributed by atoms with Crippen LogP contribution in [0.4, 0.5) is 10.5 Å². The van der Waals surface area contributed by atoms with Gasteiger partial charge in [-0.3, -0.25) is 4.90 Å². The van der Waals surface area contributed by atoms with Gasteiger partial charge in [0.15, 0.2) is 0 Å². The third-order valence-corrected chi connectivity index (χ3v) is 8.09. The molecule has 4 heterocycles. The van der Waals surface area contributed by atoms with Gasteiger partial charge in [-0.15, -0.1) is 0 Å². The lowest BCUT2D eigenvalue weighted by atomic mass is 10.00. The number of hydrogen-bond donors (Lipinski definition) is 0. The molecule has 2 aromatic carbocycles. The van der Waals surface area contributed by atoms with Crippen LogP contribution in [0, 0.1) is 6.92 Å². The number of likely N-dealkylation sites (tertiary alicyclic amines) is 1. The van der Waals surface area contributed by atoms with Crippen molar-refractivity contribution in [2.24, 2.45) is 0 Å². The maximum absolute atomic E-state index is 12.4. The number of piperidine rings is 1. The van der Waals surface area contributed by atoms with Gasteiger partial charge >= 0.3 is 6.03 Å². The summed E-state index contributed by atoms with van der Waals surface area (Å²) in [7, 11) is 4.03. The SMILES string of the molecule is Cc1c(-c2ccc(N3CCN(C)C3=O)cc2)nc2n1CCc1ccccc1C2OC1CCN(C)CC1. The van der Waals surface area contributed by atoms with E-state index in [1.54, 1.807) is 4.90 Å². The van der Waals surface area contributed by atoms with Crippen LogP contribution < -0.4 is 4.90 Å². The second kappa shape index (κ2) is 9.37. The highest BCUT2D eigenvalue weighted by atomic mass is 16.5. The van der Waals surface area contributed by atoms with Crippen LogP contribution in [0.1, 0.15) is 41.6 Å². The molecule has 0 saturated carbocycles. The van der Waals surface area contributed by atoms with Gasteiger partial charge in [-0.05, 0) is 56.5 Å². The molecule has 2 saturated heterocycles. The highest BCUT2D eigenvalue weighted by Gasteiger charge is 2.32. The van der Waals surface area contributed by atoms with Gasteiger partial charge in [0, 0.05) is 56.7 Å². The Morgan fingerprint density at radius 1 is 0.917 bits per heavy atom. The molecule has 0 aliphatic carbocycles. The van der Waals surface area contributed by atoms with Crippen LogP contribution in [-0.4, -0.2) is 71.8 Å². The first-order valence-electron chi connectivity index (χ1n) is 13.1. The molecule has 2 amide bonds. The number of likely N-dealkylation sites (N-methyl/N-ethyl adjacent to an activating group) is 1. The average Bonchev–Trinajstić information content (AvgIpc) is 3.35. The number of carbonyl (C=O) groups excluding carboxylic acids is 1. The molecule has 0 N–H and O–H groups in total. The molecule has 188 valence electrons. The summed E-state index contributed by atoms with van der Waals surface area (Å²) in [6.07, 6.45) is 3.14. The number of aryl methyl sites for hydroxylation is 1. The minimum atomic E-state index is -0.165. The van der Waals surface area contributed by atoms with E-state index in [1.807, 2.05) is 24.1 Å². The van der Waals surface area contributed by atoms with E-state index >= 15 is 0 Å². The van der Waals surface area contributed by atoms with E-state index in [0.717, 1.165) is 74.8 Å². The van der Waals surface area contributed by atoms with Crippen molar-refractivity contribution in [2.45, 2.75) is 44.9 Å². The quantitative estimate of drug-likeness (QED) is 0.547. The monoisotopic (exact) mass is 485 g/mol. The maximum atomic E-state index is 12.4. The van der Waals surface area contributed by atoms with Crippen molar-refractivity contribution in [1.29, 1.82) is 0 Å². The van der Waals surface area contributed by atoms with Gasteiger partial charge in [-0.1, -0.05) is 36.4 Å². The topological polar surface area (TPSA) is 53.8 Å². The first-order chi connectivity index (χ1) is 17.5. The van der Waals surface area contributed by atoms with Gasteiger partial charge in [0.05, 0.1) is 11.8 Å². The second-order valence-corrected chi connectivity index (χ2v) is 10.4. The summed E-state index contributed by atoms with van der Waals surface area (Å²) >= 11 is 0. The van der Waals surface area contributed by atoms with Crippen LogP contribution in [0.5, 0.6) is 0 Å². The third kappa shape index (κ3) is 4.10. The van der Waals surface area contributed by atoms with Crippen molar-refractivity contribution < 1.29 is 9.53 Å². The van der Waals surface area contributed by atoms with Gasteiger partial charge in [-0.25, -0.2) is 9.78 Å². The molecular weight excluding hydrogens is 450 g/mol. The first-order valence-corrected chi connectivity index (χ1v) is 13.1. The maximum Gasteiger partial charge on any atom is 0.324 e. The minimum Gasteiger partial charge on any atom is -0.362 e. The molecule has 3 aliphatic heterocycles. The standard InChI is InChI=1S/C29H35N5O2/c1-20-26(22-8-10-23(11-9-22)34-19-18-32(3)29(34)35)30-28-27(36-24-13-15-31(2)16-14-24)25-7-5-4-6-21(25)12-17-33(20)28/h4-11,24,27H,12-19H2,1-3H3. The number of carbonyl (C=O) groups is 1. The summed E-state index contributed by atoms with van der Waals surface area (Å²) < 4.78 is 9.23. The normalized spacial score (nSPS) is 21.0. The number of rotatable bonds is 4. The van der Waals surface area contributed by atoms with Crippen molar-refractivity contribution in [3.05, 3.63) is 71.2 Å². The van der Waals surface area contributed by atoms with Crippen LogP contribution in [-0.2, 0) is 17.7 Å². The van der Waals surface area contributed by atoms with Crippen molar-refractivity contribution in [3.8, 4) is 11.3 Å². The number of amides is 2. The molecular formula is C29H35N5O2. The molecule has 1 aromatic heterocycles. The predicted octanol–water partition coefficient (Wildman–Crippen LogP) is 4.49. The fourth-order valence-electron chi connectivity index (χ4n) is 5.83. The molecule has 0 bridgehead atoms. The Morgan fingerprint density at radius 2 is 1.67 bits per heavy atom. The van der Waals surface area contributed by atoms with Crippen molar-refractivity contribution in [3.63, 3.8) is 0 Å². The number of fused-ring (bicyclic) bond motifs is 2. The molecule has 2 fully saturated rings. The number of anilines is 1. The lowest BCUT2D eigenvalue weighted by Gasteiger charge is -2.32. The van der Waals surface area contributed by atoms with Crippen molar-refractivity contribution in [1.82, 2.24) is 19.4 Å². The molecule has 36 heavy (non-hydrogen) atoms. The van der Waals surface area contributed by atoms with E-state index in [4.69, 9.17) is 9.72 Å². The van der Waals surface area contributed by atoms with Crippen LogP contribution in [0.2, 0.25) is 0 Å². The molecule has 7 nitrogen and oxygen atoms in total. The number of hydrogen-bond acceptors (Lipinski definition) is 4. The molecule has 0 spiro atoms. The Labute approximate surface area is 213 Å². The Bertz CT molecular complexity index is 1260. The molecule has 3 aliphatic rings. The molecule has 0 radical (unpaired) electrons.